The minimum absolute atomic E-state index is 0.356. The van der Waals surface area contributed by atoms with Crippen LogP contribution in [0, 0.1) is 5.82 Å². The van der Waals surface area contributed by atoms with Crippen LogP contribution in [0.4, 0.5) is 4.39 Å². The molecule has 1 aromatic rings. The summed E-state index contributed by atoms with van der Waals surface area (Å²) in [7, 11) is 1.77. The molecule has 0 saturated heterocycles. The highest BCUT2D eigenvalue weighted by Crippen LogP contribution is 2.27. The molecular formula is C12H16FNO2. The second-order valence-corrected chi connectivity index (χ2v) is 4.00. The summed E-state index contributed by atoms with van der Waals surface area (Å²) in [5, 5.41) is 12.2. The van der Waals surface area contributed by atoms with E-state index in [0.29, 0.717) is 18.5 Å². The number of hydrogen-bond acceptors (Lipinski definition) is 2. The van der Waals surface area contributed by atoms with Crippen molar-refractivity contribution in [1.29, 1.82) is 0 Å². The second-order valence-electron chi connectivity index (χ2n) is 4.00. The molecule has 0 aliphatic rings. The normalized spacial score (nSPS) is 14.4. The van der Waals surface area contributed by atoms with Gasteiger partial charge in [0, 0.05) is 0 Å². The Morgan fingerprint density at radius 3 is 2.44 bits per heavy atom. The van der Waals surface area contributed by atoms with Crippen LogP contribution in [0.5, 0.6) is 0 Å². The third kappa shape index (κ3) is 2.58. The predicted octanol–water partition coefficient (Wildman–Crippen LogP) is 1.78. The molecule has 0 bridgehead atoms. The molecule has 0 spiro atoms. The first-order valence-corrected chi connectivity index (χ1v) is 5.15. The first kappa shape index (κ1) is 12.6. The molecule has 0 aliphatic heterocycles. The van der Waals surface area contributed by atoms with Crippen molar-refractivity contribution >= 4 is 5.97 Å². The molecule has 1 rings (SSSR count). The minimum Gasteiger partial charge on any atom is -0.481 e. The van der Waals surface area contributed by atoms with Crippen molar-refractivity contribution in [3.05, 3.63) is 35.6 Å². The summed E-state index contributed by atoms with van der Waals surface area (Å²) < 4.78 is 12.8. The maximum atomic E-state index is 12.8. The molecule has 88 valence electrons. The highest BCUT2D eigenvalue weighted by Gasteiger charge is 2.34. The maximum Gasteiger partial charge on any atom is 0.313 e. The minimum atomic E-state index is -0.975. The molecule has 0 amide bonds. The summed E-state index contributed by atoms with van der Waals surface area (Å²) in [5.41, 5.74) is -0.354. The molecule has 1 aromatic carbocycles. The van der Waals surface area contributed by atoms with Gasteiger partial charge >= 0.3 is 5.97 Å². The van der Waals surface area contributed by atoms with Gasteiger partial charge in [-0.2, -0.15) is 0 Å². The molecular weight excluding hydrogens is 209 g/mol. The van der Waals surface area contributed by atoms with E-state index in [2.05, 4.69) is 5.32 Å². The lowest BCUT2D eigenvalue weighted by Crippen LogP contribution is -2.35. The number of aliphatic carboxylic acids is 1. The number of benzene rings is 1. The Kier molecular flexibility index (Phi) is 4.01. The Morgan fingerprint density at radius 2 is 2.00 bits per heavy atom. The fourth-order valence-electron chi connectivity index (χ4n) is 1.57. The van der Waals surface area contributed by atoms with Crippen LogP contribution >= 0.6 is 0 Å². The molecule has 1 atom stereocenters. The van der Waals surface area contributed by atoms with Crippen LogP contribution in [-0.2, 0) is 10.2 Å². The molecule has 0 aliphatic carbocycles. The molecule has 0 aromatic heterocycles. The van der Waals surface area contributed by atoms with E-state index in [-0.39, 0.29) is 5.82 Å². The summed E-state index contributed by atoms with van der Waals surface area (Å²) in [6.07, 6.45) is 0.463. The van der Waals surface area contributed by atoms with Gasteiger partial charge in [0.1, 0.15) is 5.82 Å². The largest absolute Gasteiger partial charge is 0.481 e. The van der Waals surface area contributed by atoms with Gasteiger partial charge in [0.2, 0.25) is 0 Å². The fraction of sp³-hybridized carbons (Fsp3) is 0.417. The Balaban J connectivity index is 3.01. The number of carbonyl (C=O) groups is 1. The zero-order chi connectivity index (χ0) is 12.2. The van der Waals surface area contributed by atoms with Gasteiger partial charge in [-0.15, -0.1) is 0 Å². The van der Waals surface area contributed by atoms with Crippen molar-refractivity contribution in [2.24, 2.45) is 0 Å². The van der Waals surface area contributed by atoms with E-state index < -0.39 is 11.4 Å². The van der Waals surface area contributed by atoms with Crippen molar-refractivity contribution < 1.29 is 14.3 Å². The topological polar surface area (TPSA) is 49.3 Å². The van der Waals surface area contributed by atoms with Gasteiger partial charge in [0.05, 0.1) is 5.41 Å². The average molecular weight is 225 g/mol. The Labute approximate surface area is 94.3 Å². The van der Waals surface area contributed by atoms with E-state index in [1.54, 1.807) is 14.0 Å². The number of hydrogen-bond donors (Lipinski definition) is 2. The van der Waals surface area contributed by atoms with E-state index in [1.807, 2.05) is 0 Å². The lowest BCUT2D eigenvalue weighted by atomic mass is 9.79. The number of carboxylic acid groups (broad SMARTS) is 1. The van der Waals surface area contributed by atoms with Crippen LogP contribution in [0.2, 0.25) is 0 Å². The summed E-state index contributed by atoms with van der Waals surface area (Å²) in [4.78, 5) is 11.3. The van der Waals surface area contributed by atoms with Crippen molar-refractivity contribution in [2.45, 2.75) is 18.8 Å². The van der Waals surface area contributed by atoms with Crippen molar-refractivity contribution in [2.75, 3.05) is 13.6 Å². The summed E-state index contributed by atoms with van der Waals surface area (Å²) in [5.74, 6) is -1.25. The lowest BCUT2D eigenvalue weighted by molar-refractivity contribution is -0.143. The molecule has 16 heavy (non-hydrogen) atoms. The first-order chi connectivity index (χ1) is 7.50. The van der Waals surface area contributed by atoms with E-state index in [1.165, 1.54) is 24.3 Å². The SMILES string of the molecule is CNCCC(C)(C(=O)O)c1ccc(F)cc1. The van der Waals surface area contributed by atoms with Crippen molar-refractivity contribution in [3.63, 3.8) is 0 Å². The third-order valence-corrected chi connectivity index (χ3v) is 2.83. The number of halogens is 1. The van der Waals surface area contributed by atoms with Gasteiger partial charge in [0.15, 0.2) is 0 Å². The molecule has 0 saturated carbocycles. The molecule has 4 heteroatoms. The average Bonchev–Trinajstić information content (AvgIpc) is 2.26. The summed E-state index contributed by atoms with van der Waals surface area (Å²) >= 11 is 0. The van der Waals surface area contributed by atoms with Gasteiger partial charge in [-0.3, -0.25) is 4.79 Å². The van der Waals surface area contributed by atoms with E-state index in [4.69, 9.17) is 0 Å². The molecule has 0 heterocycles. The number of carboxylic acids is 1. The van der Waals surface area contributed by atoms with Crippen molar-refractivity contribution in [1.82, 2.24) is 5.32 Å². The molecule has 2 N–H and O–H groups in total. The van der Waals surface area contributed by atoms with Gasteiger partial charge in [-0.25, -0.2) is 4.39 Å². The van der Waals surface area contributed by atoms with Crippen LogP contribution in [-0.4, -0.2) is 24.7 Å². The van der Waals surface area contributed by atoms with Crippen molar-refractivity contribution in [3.8, 4) is 0 Å². The second kappa shape index (κ2) is 5.07. The molecule has 1 unspecified atom stereocenters. The summed E-state index contributed by atoms with van der Waals surface area (Å²) in [6.45, 7) is 2.25. The molecule has 0 fully saturated rings. The van der Waals surface area contributed by atoms with Crippen LogP contribution in [0.3, 0.4) is 0 Å². The Morgan fingerprint density at radius 1 is 1.44 bits per heavy atom. The van der Waals surface area contributed by atoms with E-state index in [0.717, 1.165) is 0 Å². The van der Waals surface area contributed by atoms with Gasteiger partial charge < -0.3 is 10.4 Å². The Bertz CT molecular complexity index is 364. The number of rotatable bonds is 5. The summed E-state index contributed by atoms with van der Waals surface area (Å²) in [6, 6.07) is 5.63. The Hall–Kier alpha value is -1.42. The zero-order valence-corrected chi connectivity index (χ0v) is 9.46. The van der Waals surface area contributed by atoms with Gasteiger partial charge in [-0.05, 0) is 44.6 Å². The highest BCUT2D eigenvalue weighted by atomic mass is 19.1. The van der Waals surface area contributed by atoms with Crippen LogP contribution in [0.25, 0.3) is 0 Å². The van der Waals surface area contributed by atoms with Crippen LogP contribution in [0.1, 0.15) is 18.9 Å². The van der Waals surface area contributed by atoms with Gasteiger partial charge in [0.25, 0.3) is 0 Å². The quantitative estimate of drug-likeness (QED) is 0.803. The monoisotopic (exact) mass is 225 g/mol. The first-order valence-electron chi connectivity index (χ1n) is 5.15. The fourth-order valence-corrected chi connectivity index (χ4v) is 1.57. The predicted molar refractivity (Wildman–Crippen MR) is 59.9 cm³/mol. The van der Waals surface area contributed by atoms with Gasteiger partial charge in [-0.1, -0.05) is 12.1 Å². The third-order valence-electron chi connectivity index (χ3n) is 2.83. The molecule has 3 nitrogen and oxygen atoms in total. The standard InChI is InChI=1S/C12H16FNO2/c1-12(11(15)16,7-8-14-2)9-3-5-10(13)6-4-9/h3-6,14H,7-8H2,1-2H3,(H,15,16). The van der Waals surface area contributed by atoms with E-state index >= 15 is 0 Å². The number of nitrogens with one attached hydrogen (secondary N) is 1. The molecule has 0 radical (unpaired) electrons. The lowest BCUT2D eigenvalue weighted by Gasteiger charge is -2.25. The smallest absolute Gasteiger partial charge is 0.313 e. The maximum absolute atomic E-state index is 12.8. The highest BCUT2D eigenvalue weighted by molar-refractivity contribution is 5.80. The van der Waals surface area contributed by atoms with Crippen LogP contribution in [0.15, 0.2) is 24.3 Å². The van der Waals surface area contributed by atoms with Crippen LogP contribution < -0.4 is 5.32 Å². The zero-order valence-electron chi connectivity index (χ0n) is 9.46. The van der Waals surface area contributed by atoms with E-state index in [9.17, 15) is 14.3 Å².